The van der Waals surface area contributed by atoms with Crippen LogP contribution in [-0.2, 0) is 12.8 Å². The second-order valence-electron chi connectivity index (χ2n) is 7.93. The molecule has 2 heterocycles. The Balaban J connectivity index is 2.15. The number of aldehydes is 1. The second kappa shape index (κ2) is 8.27. The fourth-order valence-electron chi connectivity index (χ4n) is 4.27. The highest BCUT2D eigenvalue weighted by Gasteiger charge is 2.80. The van der Waals surface area contributed by atoms with E-state index in [9.17, 15) is 13.6 Å². The van der Waals surface area contributed by atoms with Crippen molar-refractivity contribution in [1.82, 2.24) is 0 Å². The molecule has 0 atom stereocenters. The van der Waals surface area contributed by atoms with Crippen LogP contribution in [0, 0.1) is 0 Å². The summed E-state index contributed by atoms with van der Waals surface area (Å²) in [6.07, 6.45) is 2.07. The first-order valence-corrected chi connectivity index (χ1v) is 12.1. The Hall–Kier alpha value is -2.13. The minimum atomic E-state index is -5.62. The molecule has 0 unspecified atom stereocenters. The van der Waals surface area contributed by atoms with Gasteiger partial charge in [0.1, 0.15) is 0 Å². The molecule has 1 aliphatic rings. The molecule has 1 aromatic carbocycles. The van der Waals surface area contributed by atoms with E-state index in [0.717, 1.165) is 28.7 Å². The van der Waals surface area contributed by atoms with Crippen LogP contribution in [0.2, 0.25) is 0 Å². The largest absolute Gasteiger partial charge is 0.380 e. The Morgan fingerprint density at radius 3 is 2.21 bits per heavy atom. The van der Waals surface area contributed by atoms with Crippen molar-refractivity contribution in [2.75, 3.05) is 0 Å². The van der Waals surface area contributed by atoms with Gasteiger partial charge in [0.15, 0.2) is 6.29 Å². The highest BCUT2D eigenvalue weighted by atomic mass is 32.1. The normalized spacial score (nSPS) is 18.9. The van der Waals surface area contributed by atoms with Gasteiger partial charge in [-0.2, -0.15) is 26.3 Å². The van der Waals surface area contributed by atoms with Crippen molar-refractivity contribution in [3.8, 4) is 0 Å². The lowest BCUT2D eigenvalue weighted by Gasteiger charge is -2.26. The summed E-state index contributed by atoms with van der Waals surface area (Å²) in [4.78, 5) is 12.0. The number of aryl methyl sites for hydroxylation is 2. The summed E-state index contributed by atoms with van der Waals surface area (Å²) in [5.41, 5.74) is -3.34. The molecule has 0 spiro atoms. The first-order valence-electron chi connectivity index (χ1n) is 10.5. The predicted octanol–water partition coefficient (Wildman–Crippen LogP) is 8.51. The lowest BCUT2D eigenvalue weighted by Crippen LogP contribution is -2.49. The van der Waals surface area contributed by atoms with Gasteiger partial charge in [0.05, 0.1) is 4.88 Å². The number of carbonyl (C=O) groups is 1. The number of thiophene rings is 2. The molecule has 1 nitrogen and oxygen atoms in total. The maximum Gasteiger partial charge on any atom is 0.380 e. The molecule has 0 aliphatic heterocycles. The third kappa shape index (κ3) is 3.38. The van der Waals surface area contributed by atoms with E-state index >= 15 is 17.6 Å². The molecule has 2 aromatic heterocycles. The molecule has 0 N–H and O–H groups in total. The zero-order chi connectivity index (χ0) is 24.2. The molecule has 4 rings (SSSR count). The Bertz CT molecular complexity index is 1250. The first-order chi connectivity index (χ1) is 15.5. The number of hydrogen-bond donors (Lipinski definition) is 0. The number of hydrogen-bond acceptors (Lipinski definition) is 3. The zero-order valence-electron chi connectivity index (χ0n) is 17.8. The van der Waals surface area contributed by atoms with Crippen LogP contribution in [0.5, 0.6) is 0 Å². The van der Waals surface area contributed by atoms with Crippen molar-refractivity contribution < 1.29 is 31.1 Å². The van der Waals surface area contributed by atoms with Gasteiger partial charge in [-0.3, -0.25) is 4.79 Å². The van der Waals surface area contributed by atoms with Gasteiger partial charge in [-0.25, -0.2) is 0 Å². The Labute approximate surface area is 194 Å². The summed E-state index contributed by atoms with van der Waals surface area (Å²) >= 11 is 2.00. The van der Waals surface area contributed by atoms with E-state index in [1.165, 1.54) is 6.07 Å². The summed E-state index contributed by atoms with van der Waals surface area (Å²) in [5, 5.41) is 0.237. The Morgan fingerprint density at radius 1 is 0.909 bits per heavy atom. The van der Waals surface area contributed by atoms with Gasteiger partial charge in [0, 0.05) is 36.6 Å². The number of alkyl halides is 6. The van der Waals surface area contributed by atoms with Gasteiger partial charge in [0.25, 0.3) is 0 Å². The molecule has 0 amide bonds. The van der Waals surface area contributed by atoms with Crippen molar-refractivity contribution >= 4 is 50.2 Å². The highest BCUT2D eigenvalue weighted by Crippen LogP contribution is 2.66. The number of allylic oxidation sites excluding steroid dienone is 2. The smallest absolute Gasteiger partial charge is 0.297 e. The molecule has 1 aliphatic carbocycles. The number of unbranched alkanes of at least 4 members (excludes halogenated alkanes) is 1. The van der Waals surface area contributed by atoms with Gasteiger partial charge in [-0.15, -0.1) is 22.7 Å². The summed E-state index contributed by atoms with van der Waals surface area (Å²) in [7, 11) is 0. The fourth-order valence-corrected chi connectivity index (χ4v) is 6.45. The van der Waals surface area contributed by atoms with Crippen LogP contribution in [0.4, 0.5) is 26.3 Å². The summed E-state index contributed by atoms with van der Waals surface area (Å²) in [5.74, 6) is -15.9. The van der Waals surface area contributed by atoms with Crippen LogP contribution < -0.4 is 0 Å². The van der Waals surface area contributed by atoms with Crippen molar-refractivity contribution in [3.63, 3.8) is 0 Å². The number of rotatable bonds is 7. The number of carbonyl (C=O) groups excluding carboxylic acids is 1. The lowest BCUT2D eigenvalue weighted by molar-refractivity contribution is -0.254. The van der Waals surface area contributed by atoms with Crippen LogP contribution in [-0.4, -0.2) is 24.1 Å². The molecule has 0 bridgehead atoms. The lowest BCUT2D eigenvalue weighted by atomic mass is 9.92. The van der Waals surface area contributed by atoms with E-state index in [0.29, 0.717) is 28.7 Å². The molecular formula is C24H20F6OS2. The van der Waals surface area contributed by atoms with E-state index < -0.39 is 28.9 Å². The molecule has 33 heavy (non-hydrogen) atoms. The second-order valence-corrected chi connectivity index (χ2v) is 10.2. The van der Waals surface area contributed by atoms with Gasteiger partial charge < -0.3 is 0 Å². The summed E-state index contributed by atoms with van der Waals surface area (Å²) in [6, 6.07) is 7.41. The average Bonchev–Trinajstić information content (AvgIpc) is 3.38. The van der Waals surface area contributed by atoms with Crippen molar-refractivity contribution in [3.05, 3.63) is 56.1 Å². The third-order valence-corrected chi connectivity index (χ3v) is 8.31. The maximum absolute atomic E-state index is 15.3. The molecule has 9 heteroatoms. The number of benzene rings is 1. The Morgan fingerprint density at radius 2 is 1.58 bits per heavy atom. The number of halogens is 6. The van der Waals surface area contributed by atoms with Gasteiger partial charge in [0.2, 0.25) is 0 Å². The van der Waals surface area contributed by atoms with Gasteiger partial charge >= 0.3 is 17.8 Å². The minimum absolute atomic E-state index is 0.0307. The highest BCUT2D eigenvalue weighted by molar-refractivity contribution is 7.19. The maximum atomic E-state index is 15.3. The van der Waals surface area contributed by atoms with E-state index in [1.807, 2.05) is 6.92 Å². The summed E-state index contributed by atoms with van der Waals surface area (Å²) < 4.78 is 91.4. The fraction of sp³-hybridized carbons (Fsp3) is 0.375. The first kappa shape index (κ1) is 24.0. The molecule has 0 saturated heterocycles. The van der Waals surface area contributed by atoms with Crippen molar-refractivity contribution in [2.24, 2.45) is 0 Å². The van der Waals surface area contributed by atoms with Crippen LogP contribution in [0.15, 0.2) is 30.3 Å². The zero-order valence-corrected chi connectivity index (χ0v) is 19.4. The van der Waals surface area contributed by atoms with Crippen LogP contribution in [0.1, 0.15) is 57.2 Å². The summed E-state index contributed by atoms with van der Waals surface area (Å²) in [6.45, 7) is 3.52. The molecule has 3 aromatic rings. The van der Waals surface area contributed by atoms with Crippen LogP contribution in [0.25, 0.3) is 21.2 Å². The van der Waals surface area contributed by atoms with E-state index in [1.54, 1.807) is 25.1 Å². The SMILES string of the molecule is CCCCc1sc(C=O)cc1C1=C(c2c(CC)sc3ccccc23)C(F)(F)C(F)(F)C1(F)F. The van der Waals surface area contributed by atoms with Crippen LogP contribution in [0.3, 0.4) is 0 Å². The monoisotopic (exact) mass is 502 g/mol. The average molecular weight is 503 g/mol. The van der Waals surface area contributed by atoms with Gasteiger partial charge in [-0.1, -0.05) is 38.5 Å². The predicted molar refractivity (Wildman–Crippen MR) is 121 cm³/mol. The minimum Gasteiger partial charge on any atom is -0.297 e. The molecular weight excluding hydrogens is 482 g/mol. The quantitative estimate of drug-likeness (QED) is 0.234. The molecule has 0 radical (unpaired) electrons. The van der Waals surface area contributed by atoms with Crippen molar-refractivity contribution in [2.45, 2.75) is 57.3 Å². The van der Waals surface area contributed by atoms with Crippen molar-refractivity contribution in [1.29, 1.82) is 0 Å². The van der Waals surface area contributed by atoms with Gasteiger partial charge in [-0.05, 0) is 37.0 Å². The third-order valence-electron chi connectivity index (χ3n) is 5.88. The molecule has 176 valence electrons. The van der Waals surface area contributed by atoms with E-state index in [-0.39, 0.29) is 39.1 Å². The van der Waals surface area contributed by atoms with E-state index in [2.05, 4.69) is 0 Å². The van der Waals surface area contributed by atoms with Crippen LogP contribution >= 0.6 is 22.7 Å². The Kier molecular flexibility index (Phi) is 6.02. The molecule has 0 saturated carbocycles. The van der Waals surface area contributed by atoms with E-state index in [4.69, 9.17) is 0 Å². The molecule has 0 fully saturated rings. The topological polar surface area (TPSA) is 17.1 Å². The number of fused-ring (bicyclic) bond motifs is 1. The standard InChI is InChI=1S/C24H20F6OS2/c1-3-5-9-18-15(11-13(12-31)32-18)20-21(23(27,28)24(29,30)22(20,25)26)19-14-8-6-7-10-17(14)33-16(19)4-2/h6-8,10-12H,3-5,9H2,1-2H3.